The predicted octanol–water partition coefficient (Wildman–Crippen LogP) is 2.54. The van der Waals surface area contributed by atoms with Crippen LogP contribution in [0.5, 0.6) is 5.75 Å². The zero-order valence-corrected chi connectivity index (χ0v) is 16.2. The summed E-state index contributed by atoms with van der Waals surface area (Å²) < 4.78 is 10.5. The number of carbonyl (C=O) groups is 2. The van der Waals surface area contributed by atoms with E-state index in [4.69, 9.17) is 4.74 Å². The van der Waals surface area contributed by atoms with Crippen LogP contribution in [-0.4, -0.2) is 49.6 Å². The smallest absolute Gasteiger partial charge is 0.303 e. The van der Waals surface area contributed by atoms with Gasteiger partial charge in [0.1, 0.15) is 5.75 Å². The number of rotatable bonds is 9. The van der Waals surface area contributed by atoms with Gasteiger partial charge in [0.2, 0.25) is 0 Å². The second-order valence-electron chi connectivity index (χ2n) is 6.28. The standard InChI is InChI=1S/C19H28N2O4.ClH/c1-16(22)25-15-19(23)20-10-7-13-24-18-9-4-3-8-17(18)14-21-11-5-2-6-12-21;/h3-4,8-9H,2,5-7,10-15H2,1H3,(H,20,23);1H. The maximum atomic E-state index is 11.4. The van der Waals surface area contributed by atoms with Crippen LogP contribution < -0.4 is 10.1 Å². The van der Waals surface area contributed by atoms with Crippen molar-refractivity contribution in [2.45, 2.75) is 39.2 Å². The molecule has 0 aliphatic carbocycles. The first-order valence-corrected chi connectivity index (χ1v) is 8.98. The van der Waals surface area contributed by atoms with Crippen molar-refractivity contribution in [1.29, 1.82) is 0 Å². The van der Waals surface area contributed by atoms with E-state index in [1.807, 2.05) is 18.2 Å². The van der Waals surface area contributed by atoms with Gasteiger partial charge in [0.15, 0.2) is 6.61 Å². The van der Waals surface area contributed by atoms with E-state index in [0.717, 1.165) is 25.4 Å². The number of nitrogens with zero attached hydrogens (tertiary/aromatic N) is 1. The van der Waals surface area contributed by atoms with Crippen molar-refractivity contribution in [3.05, 3.63) is 29.8 Å². The average molecular weight is 385 g/mol. The van der Waals surface area contributed by atoms with E-state index in [2.05, 4.69) is 21.0 Å². The number of esters is 1. The Morgan fingerprint density at radius 2 is 1.88 bits per heavy atom. The summed E-state index contributed by atoms with van der Waals surface area (Å²) in [4.78, 5) is 24.5. The molecule has 7 heteroatoms. The van der Waals surface area contributed by atoms with Gasteiger partial charge in [-0.1, -0.05) is 24.6 Å². The molecular formula is C19H29ClN2O4. The molecule has 1 N–H and O–H groups in total. The summed E-state index contributed by atoms with van der Waals surface area (Å²) >= 11 is 0. The van der Waals surface area contributed by atoms with E-state index in [9.17, 15) is 9.59 Å². The van der Waals surface area contributed by atoms with Crippen molar-refractivity contribution in [3.63, 3.8) is 0 Å². The zero-order chi connectivity index (χ0) is 17.9. The molecular weight excluding hydrogens is 356 g/mol. The highest BCUT2D eigenvalue weighted by Crippen LogP contribution is 2.21. The first kappa shape index (κ1) is 22.3. The monoisotopic (exact) mass is 384 g/mol. The lowest BCUT2D eigenvalue weighted by molar-refractivity contribution is -0.146. The number of benzene rings is 1. The number of amides is 1. The van der Waals surface area contributed by atoms with Crippen LogP contribution >= 0.6 is 12.4 Å². The Morgan fingerprint density at radius 3 is 2.62 bits per heavy atom. The molecule has 6 nitrogen and oxygen atoms in total. The van der Waals surface area contributed by atoms with Gasteiger partial charge in [-0.25, -0.2) is 0 Å². The molecule has 2 rings (SSSR count). The van der Waals surface area contributed by atoms with Crippen molar-refractivity contribution in [2.24, 2.45) is 0 Å². The summed E-state index contributed by atoms with van der Waals surface area (Å²) in [5.74, 6) is 0.170. The van der Waals surface area contributed by atoms with Gasteiger partial charge in [-0.2, -0.15) is 0 Å². The lowest BCUT2D eigenvalue weighted by atomic mass is 10.1. The number of hydrogen-bond donors (Lipinski definition) is 1. The third-order valence-corrected chi connectivity index (χ3v) is 4.12. The Balaban J connectivity index is 0.00000338. The highest BCUT2D eigenvalue weighted by Gasteiger charge is 2.13. The second kappa shape index (κ2) is 12.5. The molecule has 26 heavy (non-hydrogen) atoms. The molecule has 0 saturated carbocycles. The number of para-hydroxylation sites is 1. The van der Waals surface area contributed by atoms with Gasteiger partial charge in [-0.3, -0.25) is 14.5 Å². The molecule has 1 amide bonds. The summed E-state index contributed by atoms with van der Waals surface area (Å²) in [7, 11) is 0. The number of piperidine rings is 1. The molecule has 1 aromatic carbocycles. The van der Waals surface area contributed by atoms with Crippen molar-refractivity contribution >= 4 is 24.3 Å². The summed E-state index contributed by atoms with van der Waals surface area (Å²) in [5.41, 5.74) is 1.21. The predicted molar refractivity (Wildman–Crippen MR) is 103 cm³/mol. The minimum Gasteiger partial charge on any atom is -0.493 e. The molecule has 0 radical (unpaired) electrons. The zero-order valence-electron chi connectivity index (χ0n) is 15.4. The van der Waals surface area contributed by atoms with Crippen LogP contribution in [0.4, 0.5) is 0 Å². The summed E-state index contributed by atoms with van der Waals surface area (Å²) in [6, 6.07) is 8.14. The molecule has 0 spiro atoms. The van der Waals surface area contributed by atoms with Crippen molar-refractivity contribution in [3.8, 4) is 5.75 Å². The van der Waals surface area contributed by atoms with Gasteiger partial charge < -0.3 is 14.8 Å². The number of hydrogen-bond acceptors (Lipinski definition) is 5. The number of likely N-dealkylation sites (tertiary alicyclic amines) is 1. The van der Waals surface area contributed by atoms with Crippen molar-refractivity contribution < 1.29 is 19.1 Å². The molecule has 0 aromatic heterocycles. The first-order valence-electron chi connectivity index (χ1n) is 8.98. The molecule has 146 valence electrons. The number of halogens is 1. The molecule has 1 fully saturated rings. The lowest BCUT2D eigenvalue weighted by Crippen LogP contribution is -2.30. The summed E-state index contributed by atoms with van der Waals surface area (Å²) in [6.45, 7) is 5.32. The van der Waals surface area contributed by atoms with Gasteiger partial charge in [-0.05, 0) is 38.4 Å². The first-order chi connectivity index (χ1) is 12.1. The Bertz CT molecular complexity index is 562. The Hall–Kier alpha value is -1.79. The van der Waals surface area contributed by atoms with Gasteiger partial charge in [0, 0.05) is 25.6 Å². The van der Waals surface area contributed by atoms with Gasteiger partial charge in [0.05, 0.1) is 6.61 Å². The molecule has 1 heterocycles. The Kier molecular flexibility index (Phi) is 10.7. The number of ether oxygens (including phenoxy) is 2. The fourth-order valence-electron chi connectivity index (χ4n) is 2.83. The topological polar surface area (TPSA) is 67.9 Å². The van der Waals surface area contributed by atoms with E-state index < -0.39 is 5.97 Å². The molecule has 1 aliphatic heterocycles. The van der Waals surface area contributed by atoms with Gasteiger partial charge in [0.25, 0.3) is 5.91 Å². The molecule has 0 unspecified atom stereocenters. The quantitative estimate of drug-likeness (QED) is 0.523. The van der Waals surface area contributed by atoms with Crippen LogP contribution in [0.3, 0.4) is 0 Å². The largest absolute Gasteiger partial charge is 0.493 e. The van der Waals surface area contributed by atoms with Crippen LogP contribution in [0.25, 0.3) is 0 Å². The molecule has 1 aliphatic rings. The molecule has 0 atom stereocenters. The second-order valence-corrected chi connectivity index (χ2v) is 6.28. The van der Waals surface area contributed by atoms with E-state index in [1.165, 1.54) is 31.7 Å². The van der Waals surface area contributed by atoms with Crippen LogP contribution in [0.15, 0.2) is 24.3 Å². The fraction of sp³-hybridized carbons (Fsp3) is 0.579. The average Bonchev–Trinajstić information content (AvgIpc) is 2.62. The lowest BCUT2D eigenvalue weighted by Gasteiger charge is -2.27. The number of carbonyl (C=O) groups excluding carboxylic acids is 2. The van der Waals surface area contributed by atoms with Crippen molar-refractivity contribution in [1.82, 2.24) is 10.2 Å². The molecule has 1 aromatic rings. The number of nitrogens with one attached hydrogen (secondary N) is 1. The normalized spacial score (nSPS) is 14.2. The van der Waals surface area contributed by atoms with E-state index in [0.29, 0.717) is 19.6 Å². The SMILES string of the molecule is CC(=O)OCC(=O)NCCCOc1ccccc1CN1CCCCC1.Cl. The summed E-state index contributed by atoms with van der Waals surface area (Å²) in [6.07, 6.45) is 4.58. The van der Waals surface area contributed by atoms with Crippen LogP contribution in [0.1, 0.15) is 38.2 Å². The minimum absolute atomic E-state index is 0. The van der Waals surface area contributed by atoms with E-state index in [1.54, 1.807) is 0 Å². The van der Waals surface area contributed by atoms with Crippen LogP contribution in [0, 0.1) is 0 Å². The van der Waals surface area contributed by atoms with Gasteiger partial charge in [-0.15, -0.1) is 12.4 Å². The Morgan fingerprint density at radius 1 is 1.15 bits per heavy atom. The molecule has 0 bridgehead atoms. The van der Waals surface area contributed by atoms with Crippen LogP contribution in [0.2, 0.25) is 0 Å². The molecule has 1 saturated heterocycles. The maximum Gasteiger partial charge on any atom is 0.303 e. The highest BCUT2D eigenvalue weighted by molar-refractivity contribution is 5.85. The van der Waals surface area contributed by atoms with Crippen LogP contribution in [-0.2, 0) is 20.9 Å². The third-order valence-electron chi connectivity index (χ3n) is 4.12. The third kappa shape index (κ3) is 8.54. The van der Waals surface area contributed by atoms with Gasteiger partial charge >= 0.3 is 5.97 Å². The van der Waals surface area contributed by atoms with E-state index in [-0.39, 0.29) is 24.9 Å². The minimum atomic E-state index is -0.455. The highest BCUT2D eigenvalue weighted by atomic mass is 35.5. The fourth-order valence-corrected chi connectivity index (χ4v) is 2.83. The van der Waals surface area contributed by atoms with Crippen molar-refractivity contribution in [2.75, 3.05) is 32.8 Å². The maximum absolute atomic E-state index is 11.4. The van der Waals surface area contributed by atoms with E-state index >= 15 is 0 Å². The Labute approximate surface area is 161 Å². The summed E-state index contributed by atoms with van der Waals surface area (Å²) in [5, 5.41) is 2.70.